The Morgan fingerprint density at radius 2 is 1.71 bits per heavy atom. The number of nitrogens with zero attached hydrogens (tertiary/aromatic N) is 4. The van der Waals surface area contributed by atoms with Crippen molar-refractivity contribution in [2.24, 2.45) is 0 Å². The topological polar surface area (TPSA) is 48.5 Å². The standard InChI is InChI=1S/C26H35ClN4O3/c1-20-5-4-6-25(21(20)2)33-18-17-29-11-15-31(16-12-29)26(32)34-22-7-8-23(27)24(19-22)30-13-9-28(3)10-14-30/h4-8,19H,9-18H2,1-3H3. The Kier molecular flexibility index (Phi) is 8.19. The fourth-order valence-corrected chi connectivity index (χ4v) is 4.57. The van der Waals surface area contributed by atoms with E-state index in [0.29, 0.717) is 30.5 Å². The maximum absolute atomic E-state index is 12.8. The molecule has 0 aliphatic carbocycles. The number of carbonyl (C=O) groups excluding carboxylic acids is 1. The SMILES string of the molecule is Cc1cccc(OCCN2CCN(C(=O)Oc3ccc(Cl)c(N4CCN(C)CC4)c3)CC2)c1C. The van der Waals surface area contributed by atoms with Crippen molar-refractivity contribution < 1.29 is 14.3 Å². The molecule has 0 radical (unpaired) electrons. The minimum atomic E-state index is -0.307. The molecular weight excluding hydrogens is 452 g/mol. The van der Waals surface area contributed by atoms with Gasteiger partial charge in [0.25, 0.3) is 0 Å². The minimum absolute atomic E-state index is 0.307. The number of amides is 1. The van der Waals surface area contributed by atoms with E-state index in [-0.39, 0.29) is 6.09 Å². The van der Waals surface area contributed by atoms with Gasteiger partial charge in [-0.05, 0) is 50.2 Å². The lowest BCUT2D eigenvalue weighted by Crippen LogP contribution is -2.50. The van der Waals surface area contributed by atoms with Gasteiger partial charge in [0.05, 0.1) is 10.7 Å². The van der Waals surface area contributed by atoms with Crippen molar-refractivity contribution in [1.82, 2.24) is 14.7 Å². The van der Waals surface area contributed by atoms with E-state index in [0.717, 1.165) is 57.3 Å². The Bertz CT molecular complexity index is 986. The first-order chi connectivity index (χ1) is 16.4. The Labute approximate surface area is 207 Å². The van der Waals surface area contributed by atoms with Gasteiger partial charge in [-0.2, -0.15) is 0 Å². The molecule has 34 heavy (non-hydrogen) atoms. The summed E-state index contributed by atoms with van der Waals surface area (Å²) in [5.41, 5.74) is 3.35. The molecule has 0 N–H and O–H groups in total. The van der Waals surface area contributed by atoms with Crippen LogP contribution in [-0.2, 0) is 0 Å². The maximum Gasteiger partial charge on any atom is 0.415 e. The second kappa shape index (κ2) is 11.3. The van der Waals surface area contributed by atoms with E-state index in [1.165, 1.54) is 11.1 Å². The van der Waals surface area contributed by atoms with Crippen molar-refractivity contribution in [2.45, 2.75) is 13.8 Å². The summed E-state index contributed by atoms with van der Waals surface area (Å²) in [6.45, 7) is 12.3. The molecule has 4 rings (SSSR count). The second-order valence-corrected chi connectivity index (χ2v) is 9.55. The molecule has 2 saturated heterocycles. The highest BCUT2D eigenvalue weighted by Gasteiger charge is 2.23. The number of carbonyl (C=O) groups is 1. The van der Waals surface area contributed by atoms with Gasteiger partial charge in [0.15, 0.2) is 0 Å². The number of likely N-dealkylation sites (N-methyl/N-ethyl adjacent to an activating group) is 1. The molecule has 0 aromatic heterocycles. The van der Waals surface area contributed by atoms with Gasteiger partial charge in [-0.1, -0.05) is 23.7 Å². The van der Waals surface area contributed by atoms with Crippen LogP contribution in [0.3, 0.4) is 0 Å². The van der Waals surface area contributed by atoms with Gasteiger partial charge in [-0.25, -0.2) is 4.79 Å². The van der Waals surface area contributed by atoms with Gasteiger partial charge >= 0.3 is 6.09 Å². The molecule has 7 nitrogen and oxygen atoms in total. The molecule has 0 atom stereocenters. The molecule has 2 aromatic carbocycles. The number of benzene rings is 2. The molecule has 0 bridgehead atoms. The number of anilines is 1. The van der Waals surface area contributed by atoms with Crippen molar-refractivity contribution in [3.8, 4) is 11.5 Å². The third-order valence-corrected chi connectivity index (χ3v) is 7.14. The van der Waals surface area contributed by atoms with E-state index in [4.69, 9.17) is 21.1 Å². The third-order valence-electron chi connectivity index (χ3n) is 6.82. The molecular formula is C26H35ClN4O3. The molecule has 8 heteroatoms. The van der Waals surface area contributed by atoms with Crippen molar-refractivity contribution in [3.05, 3.63) is 52.5 Å². The Balaban J connectivity index is 1.24. The first-order valence-electron chi connectivity index (χ1n) is 12.0. The smallest absolute Gasteiger partial charge is 0.415 e. The lowest BCUT2D eigenvalue weighted by molar-refractivity contribution is 0.103. The molecule has 2 aliphatic heterocycles. The van der Waals surface area contributed by atoms with E-state index in [2.05, 4.69) is 41.7 Å². The highest BCUT2D eigenvalue weighted by molar-refractivity contribution is 6.33. The van der Waals surface area contributed by atoms with Crippen LogP contribution in [-0.4, -0.2) is 93.4 Å². The highest BCUT2D eigenvalue weighted by atomic mass is 35.5. The van der Waals surface area contributed by atoms with E-state index >= 15 is 0 Å². The Morgan fingerprint density at radius 1 is 0.971 bits per heavy atom. The van der Waals surface area contributed by atoms with Crippen LogP contribution in [0.15, 0.2) is 36.4 Å². The fraction of sp³-hybridized carbons (Fsp3) is 0.500. The number of ether oxygens (including phenoxy) is 2. The largest absolute Gasteiger partial charge is 0.492 e. The summed E-state index contributed by atoms with van der Waals surface area (Å²) in [7, 11) is 2.12. The number of hydrogen-bond donors (Lipinski definition) is 0. The summed E-state index contributed by atoms with van der Waals surface area (Å²) in [5.74, 6) is 1.48. The average molecular weight is 487 g/mol. The monoisotopic (exact) mass is 486 g/mol. The first kappa shape index (κ1) is 24.6. The van der Waals surface area contributed by atoms with Crippen LogP contribution in [0, 0.1) is 13.8 Å². The van der Waals surface area contributed by atoms with Crippen LogP contribution in [0.4, 0.5) is 10.5 Å². The number of halogens is 1. The summed E-state index contributed by atoms with van der Waals surface area (Å²) < 4.78 is 11.7. The second-order valence-electron chi connectivity index (χ2n) is 9.15. The molecule has 0 spiro atoms. The van der Waals surface area contributed by atoms with E-state index in [1.807, 2.05) is 24.3 Å². The molecule has 1 amide bonds. The lowest BCUT2D eigenvalue weighted by atomic mass is 10.1. The minimum Gasteiger partial charge on any atom is -0.492 e. The molecule has 2 aromatic rings. The van der Waals surface area contributed by atoms with Gasteiger partial charge in [0.2, 0.25) is 0 Å². The summed E-state index contributed by atoms with van der Waals surface area (Å²) >= 11 is 6.44. The van der Waals surface area contributed by atoms with Crippen molar-refractivity contribution in [1.29, 1.82) is 0 Å². The summed E-state index contributed by atoms with van der Waals surface area (Å²) in [5, 5.41) is 0.682. The predicted molar refractivity (Wildman–Crippen MR) is 137 cm³/mol. The summed E-state index contributed by atoms with van der Waals surface area (Å²) in [6.07, 6.45) is -0.307. The Hall–Kier alpha value is -2.48. The normalized spacial score (nSPS) is 17.6. The van der Waals surface area contributed by atoms with E-state index in [9.17, 15) is 4.79 Å². The van der Waals surface area contributed by atoms with E-state index in [1.54, 1.807) is 11.0 Å². The molecule has 0 unspecified atom stereocenters. The first-order valence-corrected chi connectivity index (χ1v) is 12.4. The Morgan fingerprint density at radius 3 is 2.44 bits per heavy atom. The molecule has 2 fully saturated rings. The number of rotatable bonds is 6. The third kappa shape index (κ3) is 6.14. The summed E-state index contributed by atoms with van der Waals surface area (Å²) in [4.78, 5) is 21.4. The van der Waals surface area contributed by atoms with Gasteiger partial charge in [-0.3, -0.25) is 4.90 Å². The fourth-order valence-electron chi connectivity index (χ4n) is 4.33. The number of piperazine rings is 2. The average Bonchev–Trinajstić information content (AvgIpc) is 2.84. The predicted octanol–water partition coefficient (Wildman–Crippen LogP) is 3.90. The van der Waals surface area contributed by atoms with Gasteiger partial charge < -0.3 is 24.2 Å². The van der Waals surface area contributed by atoms with Crippen molar-refractivity contribution in [2.75, 3.05) is 77.5 Å². The highest BCUT2D eigenvalue weighted by Crippen LogP contribution is 2.31. The zero-order valence-electron chi connectivity index (χ0n) is 20.4. The maximum atomic E-state index is 12.8. The van der Waals surface area contributed by atoms with Crippen LogP contribution in [0.2, 0.25) is 5.02 Å². The van der Waals surface area contributed by atoms with Crippen LogP contribution in [0.5, 0.6) is 11.5 Å². The van der Waals surface area contributed by atoms with Crippen molar-refractivity contribution >= 4 is 23.4 Å². The van der Waals surface area contributed by atoms with Crippen LogP contribution in [0.25, 0.3) is 0 Å². The molecule has 184 valence electrons. The zero-order chi connectivity index (χ0) is 24.1. The summed E-state index contributed by atoms with van der Waals surface area (Å²) in [6, 6.07) is 11.6. The molecule has 2 heterocycles. The van der Waals surface area contributed by atoms with Crippen LogP contribution >= 0.6 is 11.6 Å². The lowest BCUT2D eigenvalue weighted by Gasteiger charge is -2.35. The zero-order valence-corrected chi connectivity index (χ0v) is 21.2. The van der Waals surface area contributed by atoms with Gasteiger partial charge in [0, 0.05) is 65.0 Å². The molecule has 0 saturated carbocycles. The van der Waals surface area contributed by atoms with Gasteiger partial charge in [0.1, 0.15) is 18.1 Å². The quantitative estimate of drug-likeness (QED) is 0.617. The van der Waals surface area contributed by atoms with Crippen molar-refractivity contribution in [3.63, 3.8) is 0 Å². The van der Waals surface area contributed by atoms with Gasteiger partial charge in [-0.15, -0.1) is 0 Å². The van der Waals surface area contributed by atoms with Crippen LogP contribution < -0.4 is 14.4 Å². The number of hydrogen-bond acceptors (Lipinski definition) is 6. The molecule has 2 aliphatic rings. The number of aryl methyl sites for hydroxylation is 1. The van der Waals surface area contributed by atoms with Crippen LogP contribution in [0.1, 0.15) is 11.1 Å². The van der Waals surface area contributed by atoms with E-state index < -0.39 is 0 Å².